The standard InChI is InChI=1S/C22H27NO6/c1-26-17-7-4-15(5-8-17)12-21(25)23-10-11-29-20(14-24)22(23)16-6-9-18(27-2)19(13-16)28-3/h4-9,13,20,22,24H,10-12,14H2,1-3H3. The van der Waals surface area contributed by atoms with Crippen LogP contribution in [-0.2, 0) is 16.0 Å². The summed E-state index contributed by atoms with van der Waals surface area (Å²) >= 11 is 0. The molecule has 1 saturated heterocycles. The molecule has 2 aromatic rings. The van der Waals surface area contributed by atoms with E-state index in [0.717, 1.165) is 16.9 Å². The Morgan fingerprint density at radius 2 is 1.79 bits per heavy atom. The fourth-order valence-electron chi connectivity index (χ4n) is 3.62. The van der Waals surface area contributed by atoms with E-state index in [4.69, 9.17) is 18.9 Å². The van der Waals surface area contributed by atoms with Crippen molar-refractivity contribution < 1.29 is 28.8 Å². The maximum Gasteiger partial charge on any atom is 0.227 e. The zero-order valence-corrected chi connectivity index (χ0v) is 17.0. The topological polar surface area (TPSA) is 77.5 Å². The van der Waals surface area contributed by atoms with Crippen LogP contribution in [-0.4, -0.2) is 63.1 Å². The fraction of sp³-hybridized carbons (Fsp3) is 0.409. The van der Waals surface area contributed by atoms with Gasteiger partial charge in [0.1, 0.15) is 11.9 Å². The molecule has 3 rings (SSSR count). The smallest absolute Gasteiger partial charge is 0.227 e. The van der Waals surface area contributed by atoms with Gasteiger partial charge in [-0.3, -0.25) is 4.79 Å². The van der Waals surface area contributed by atoms with E-state index in [1.165, 1.54) is 0 Å². The lowest BCUT2D eigenvalue weighted by Crippen LogP contribution is -2.49. The summed E-state index contributed by atoms with van der Waals surface area (Å²) in [6.07, 6.45) is -0.256. The summed E-state index contributed by atoms with van der Waals surface area (Å²) in [5.41, 5.74) is 1.72. The van der Waals surface area contributed by atoms with Gasteiger partial charge in [0.2, 0.25) is 5.91 Å². The molecular formula is C22H27NO6. The maximum atomic E-state index is 13.1. The summed E-state index contributed by atoms with van der Waals surface area (Å²) in [5.74, 6) is 1.88. The Hall–Kier alpha value is -2.77. The zero-order valence-electron chi connectivity index (χ0n) is 17.0. The molecule has 0 aliphatic carbocycles. The van der Waals surface area contributed by atoms with Crippen molar-refractivity contribution >= 4 is 5.91 Å². The summed E-state index contributed by atoms with van der Waals surface area (Å²) in [7, 11) is 4.74. The third kappa shape index (κ3) is 4.63. The first kappa shape index (κ1) is 21.0. The van der Waals surface area contributed by atoms with Crippen molar-refractivity contribution in [2.75, 3.05) is 41.1 Å². The monoisotopic (exact) mass is 401 g/mol. The molecule has 1 aliphatic rings. The van der Waals surface area contributed by atoms with Crippen molar-refractivity contribution in [2.45, 2.75) is 18.6 Å². The van der Waals surface area contributed by atoms with Crippen LogP contribution in [0.5, 0.6) is 17.2 Å². The SMILES string of the molecule is COc1ccc(CC(=O)N2CCOC(CO)C2c2ccc(OC)c(OC)c2)cc1. The first-order chi connectivity index (χ1) is 14.1. The molecule has 1 N–H and O–H groups in total. The van der Waals surface area contributed by atoms with Gasteiger partial charge in [0.05, 0.1) is 47.0 Å². The Labute approximate surface area is 170 Å². The Balaban J connectivity index is 1.87. The van der Waals surface area contributed by atoms with Crippen molar-refractivity contribution in [3.63, 3.8) is 0 Å². The molecule has 2 aromatic carbocycles. The molecule has 0 aromatic heterocycles. The summed E-state index contributed by atoms with van der Waals surface area (Å²) in [6, 6.07) is 12.5. The van der Waals surface area contributed by atoms with Crippen LogP contribution in [0.3, 0.4) is 0 Å². The molecule has 7 nitrogen and oxygen atoms in total. The van der Waals surface area contributed by atoms with Gasteiger partial charge in [0.25, 0.3) is 0 Å². The van der Waals surface area contributed by atoms with E-state index in [-0.39, 0.29) is 18.9 Å². The highest BCUT2D eigenvalue weighted by Crippen LogP contribution is 2.36. The molecule has 0 radical (unpaired) electrons. The van der Waals surface area contributed by atoms with Crippen molar-refractivity contribution in [1.29, 1.82) is 0 Å². The Bertz CT molecular complexity index is 823. The zero-order chi connectivity index (χ0) is 20.8. The summed E-state index contributed by atoms with van der Waals surface area (Å²) < 4.78 is 21.6. The van der Waals surface area contributed by atoms with Crippen molar-refractivity contribution in [3.8, 4) is 17.2 Å². The molecule has 1 fully saturated rings. The van der Waals surface area contributed by atoms with Crippen LogP contribution < -0.4 is 14.2 Å². The molecule has 0 bridgehead atoms. The number of carbonyl (C=O) groups excluding carboxylic acids is 1. The van der Waals surface area contributed by atoms with E-state index in [1.807, 2.05) is 36.4 Å². The average molecular weight is 401 g/mol. The number of aliphatic hydroxyl groups excluding tert-OH is 1. The second-order valence-corrected chi connectivity index (χ2v) is 6.76. The van der Waals surface area contributed by atoms with Crippen LogP contribution in [0.4, 0.5) is 0 Å². The van der Waals surface area contributed by atoms with Crippen LogP contribution in [0.2, 0.25) is 0 Å². The number of hydrogen-bond donors (Lipinski definition) is 1. The number of carbonyl (C=O) groups is 1. The highest BCUT2D eigenvalue weighted by molar-refractivity contribution is 5.79. The largest absolute Gasteiger partial charge is 0.497 e. The Morgan fingerprint density at radius 1 is 1.07 bits per heavy atom. The Kier molecular flexibility index (Phi) is 6.95. The number of amides is 1. The van der Waals surface area contributed by atoms with Gasteiger partial charge < -0.3 is 29.0 Å². The van der Waals surface area contributed by atoms with E-state index in [9.17, 15) is 9.90 Å². The maximum absolute atomic E-state index is 13.1. The van der Waals surface area contributed by atoms with E-state index in [0.29, 0.717) is 24.7 Å². The van der Waals surface area contributed by atoms with Gasteiger partial charge in [0.15, 0.2) is 11.5 Å². The van der Waals surface area contributed by atoms with Crippen LogP contribution in [0.15, 0.2) is 42.5 Å². The molecule has 2 unspecified atom stereocenters. The minimum Gasteiger partial charge on any atom is -0.497 e. The van der Waals surface area contributed by atoms with Crippen molar-refractivity contribution in [2.24, 2.45) is 0 Å². The van der Waals surface area contributed by atoms with E-state index < -0.39 is 12.1 Å². The van der Waals surface area contributed by atoms with Crippen molar-refractivity contribution in [1.82, 2.24) is 4.90 Å². The minimum absolute atomic E-state index is 0.0308. The van der Waals surface area contributed by atoms with Gasteiger partial charge in [0, 0.05) is 6.54 Å². The number of hydrogen-bond acceptors (Lipinski definition) is 6. The molecule has 0 spiro atoms. The summed E-state index contributed by atoms with van der Waals surface area (Å²) in [4.78, 5) is 14.9. The van der Waals surface area contributed by atoms with Crippen LogP contribution in [0.1, 0.15) is 17.2 Å². The third-order valence-corrected chi connectivity index (χ3v) is 5.12. The van der Waals surface area contributed by atoms with Gasteiger partial charge in [-0.15, -0.1) is 0 Å². The average Bonchev–Trinajstić information content (AvgIpc) is 2.78. The van der Waals surface area contributed by atoms with E-state index in [2.05, 4.69) is 0 Å². The first-order valence-electron chi connectivity index (χ1n) is 9.48. The number of ether oxygens (including phenoxy) is 4. The van der Waals surface area contributed by atoms with Gasteiger partial charge in [-0.25, -0.2) is 0 Å². The second kappa shape index (κ2) is 9.62. The predicted molar refractivity (Wildman–Crippen MR) is 108 cm³/mol. The lowest BCUT2D eigenvalue weighted by Gasteiger charge is -2.41. The van der Waals surface area contributed by atoms with E-state index >= 15 is 0 Å². The molecule has 1 amide bonds. The number of rotatable bonds is 7. The van der Waals surface area contributed by atoms with Crippen LogP contribution in [0.25, 0.3) is 0 Å². The van der Waals surface area contributed by atoms with Gasteiger partial charge in [-0.2, -0.15) is 0 Å². The number of aliphatic hydroxyl groups is 1. The molecule has 0 saturated carbocycles. The van der Waals surface area contributed by atoms with E-state index in [1.54, 1.807) is 32.3 Å². The molecule has 1 aliphatic heterocycles. The lowest BCUT2D eigenvalue weighted by molar-refractivity contribution is -0.149. The van der Waals surface area contributed by atoms with Crippen LogP contribution in [0, 0.1) is 0 Å². The lowest BCUT2D eigenvalue weighted by atomic mass is 9.97. The fourth-order valence-corrected chi connectivity index (χ4v) is 3.62. The minimum atomic E-state index is -0.512. The molecular weight excluding hydrogens is 374 g/mol. The van der Waals surface area contributed by atoms with Gasteiger partial charge in [-0.05, 0) is 35.4 Å². The van der Waals surface area contributed by atoms with Crippen molar-refractivity contribution in [3.05, 3.63) is 53.6 Å². The number of morpholine rings is 1. The predicted octanol–water partition coefficient (Wildman–Crippen LogP) is 2.22. The molecule has 2 atom stereocenters. The Morgan fingerprint density at radius 3 is 2.41 bits per heavy atom. The third-order valence-electron chi connectivity index (χ3n) is 5.12. The highest BCUT2D eigenvalue weighted by atomic mass is 16.5. The number of benzene rings is 2. The molecule has 7 heteroatoms. The summed E-state index contributed by atoms with van der Waals surface area (Å²) in [6.45, 7) is 0.638. The van der Waals surface area contributed by atoms with Gasteiger partial charge in [-0.1, -0.05) is 18.2 Å². The molecule has 156 valence electrons. The number of methoxy groups -OCH3 is 3. The highest BCUT2D eigenvalue weighted by Gasteiger charge is 2.36. The quantitative estimate of drug-likeness (QED) is 0.767. The molecule has 1 heterocycles. The summed E-state index contributed by atoms with van der Waals surface area (Å²) in [5, 5.41) is 9.86. The second-order valence-electron chi connectivity index (χ2n) is 6.76. The first-order valence-corrected chi connectivity index (χ1v) is 9.48. The van der Waals surface area contributed by atoms with Gasteiger partial charge >= 0.3 is 0 Å². The van der Waals surface area contributed by atoms with Crippen LogP contribution >= 0.6 is 0 Å². The number of nitrogens with zero attached hydrogens (tertiary/aromatic N) is 1. The normalized spacial score (nSPS) is 19.0. The molecule has 29 heavy (non-hydrogen) atoms.